The standard InChI is InChI=1S/C13H24O4/c1-3-5-7-9-11(10-8-6-4-2)17-13(16)12(14)15/h11H,3-10H2,1-2H3,(H,14,15). The maximum absolute atomic E-state index is 11.0. The summed E-state index contributed by atoms with van der Waals surface area (Å²) in [5.74, 6) is -2.62. The third-order valence-corrected chi connectivity index (χ3v) is 2.71. The van der Waals surface area contributed by atoms with Crippen molar-refractivity contribution in [2.45, 2.75) is 71.3 Å². The SMILES string of the molecule is CCCCCC(CCCCC)OC(=O)C(=O)O. The second-order valence-electron chi connectivity index (χ2n) is 4.32. The average molecular weight is 244 g/mol. The van der Waals surface area contributed by atoms with Crippen molar-refractivity contribution in [3.05, 3.63) is 0 Å². The second-order valence-corrected chi connectivity index (χ2v) is 4.32. The first-order valence-corrected chi connectivity index (χ1v) is 6.55. The zero-order valence-electron chi connectivity index (χ0n) is 10.9. The van der Waals surface area contributed by atoms with E-state index in [1.165, 1.54) is 0 Å². The number of ether oxygens (including phenoxy) is 1. The summed E-state index contributed by atoms with van der Waals surface area (Å²) in [6.45, 7) is 4.21. The molecule has 0 saturated heterocycles. The normalized spacial score (nSPS) is 10.5. The molecule has 0 amide bonds. The molecule has 4 heteroatoms. The lowest BCUT2D eigenvalue weighted by atomic mass is 10.0. The van der Waals surface area contributed by atoms with Crippen molar-refractivity contribution in [1.82, 2.24) is 0 Å². The number of rotatable bonds is 9. The number of hydrogen-bond acceptors (Lipinski definition) is 3. The molecule has 0 radical (unpaired) electrons. The van der Waals surface area contributed by atoms with Gasteiger partial charge in [0.25, 0.3) is 0 Å². The summed E-state index contributed by atoms with van der Waals surface area (Å²) in [5, 5.41) is 8.50. The summed E-state index contributed by atoms with van der Waals surface area (Å²) in [7, 11) is 0. The molecule has 0 aliphatic heterocycles. The van der Waals surface area contributed by atoms with E-state index in [0.29, 0.717) is 0 Å². The molecule has 0 bridgehead atoms. The Morgan fingerprint density at radius 1 is 1.00 bits per heavy atom. The molecular formula is C13H24O4. The molecule has 4 nitrogen and oxygen atoms in total. The van der Waals surface area contributed by atoms with Crippen molar-refractivity contribution in [2.24, 2.45) is 0 Å². The Morgan fingerprint density at radius 3 is 1.82 bits per heavy atom. The van der Waals surface area contributed by atoms with Crippen LogP contribution in [0.15, 0.2) is 0 Å². The molecule has 17 heavy (non-hydrogen) atoms. The van der Waals surface area contributed by atoms with Crippen molar-refractivity contribution in [3.8, 4) is 0 Å². The quantitative estimate of drug-likeness (QED) is 0.384. The lowest BCUT2D eigenvalue weighted by Gasteiger charge is -2.16. The number of carboxylic acids is 1. The minimum absolute atomic E-state index is 0.225. The number of carboxylic acid groups (broad SMARTS) is 1. The number of hydrogen-bond donors (Lipinski definition) is 1. The summed E-state index contributed by atoms with van der Waals surface area (Å²) in [6.07, 6.45) is 7.69. The highest BCUT2D eigenvalue weighted by molar-refractivity contribution is 6.28. The smallest absolute Gasteiger partial charge is 0.417 e. The van der Waals surface area contributed by atoms with Crippen LogP contribution in [0.1, 0.15) is 65.2 Å². The highest BCUT2D eigenvalue weighted by Gasteiger charge is 2.19. The Bertz CT molecular complexity index is 215. The number of carbonyl (C=O) groups excluding carboxylic acids is 1. The molecule has 0 aromatic rings. The highest BCUT2D eigenvalue weighted by Crippen LogP contribution is 2.14. The molecule has 0 aliphatic carbocycles. The fourth-order valence-corrected chi connectivity index (χ4v) is 1.71. The van der Waals surface area contributed by atoms with Crippen LogP contribution in [-0.4, -0.2) is 23.1 Å². The predicted octanol–water partition coefficient (Wildman–Crippen LogP) is 3.14. The molecule has 0 aromatic carbocycles. The Balaban J connectivity index is 4.00. The Hall–Kier alpha value is -1.06. The van der Waals surface area contributed by atoms with E-state index >= 15 is 0 Å². The van der Waals surface area contributed by atoms with E-state index in [-0.39, 0.29) is 6.10 Å². The number of esters is 1. The monoisotopic (exact) mass is 244 g/mol. The first-order chi connectivity index (χ1) is 8.11. The van der Waals surface area contributed by atoms with Gasteiger partial charge in [-0.1, -0.05) is 39.5 Å². The van der Waals surface area contributed by atoms with E-state index in [9.17, 15) is 9.59 Å². The Kier molecular flexibility index (Phi) is 9.49. The van der Waals surface area contributed by atoms with Gasteiger partial charge in [0, 0.05) is 0 Å². The summed E-state index contributed by atoms with van der Waals surface area (Å²) in [6, 6.07) is 0. The van der Waals surface area contributed by atoms with E-state index in [1.54, 1.807) is 0 Å². The molecule has 1 N–H and O–H groups in total. The predicted molar refractivity (Wildman–Crippen MR) is 65.8 cm³/mol. The van der Waals surface area contributed by atoms with Gasteiger partial charge in [0.15, 0.2) is 0 Å². The van der Waals surface area contributed by atoms with Gasteiger partial charge in [-0.05, 0) is 25.7 Å². The van der Waals surface area contributed by atoms with Gasteiger partial charge in [0.05, 0.1) is 0 Å². The van der Waals surface area contributed by atoms with Crippen LogP contribution in [0.3, 0.4) is 0 Å². The van der Waals surface area contributed by atoms with Crippen LogP contribution in [0.25, 0.3) is 0 Å². The molecule has 0 aliphatic rings. The first-order valence-electron chi connectivity index (χ1n) is 6.55. The molecule has 0 spiro atoms. The zero-order valence-corrected chi connectivity index (χ0v) is 10.9. The molecule has 0 unspecified atom stereocenters. The number of unbranched alkanes of at least 4 members (excludes halogenated alkanes) is 4. The highest BCUT2D eigenvalue weighted by atomic mass is 16.6. The van der Waals surface area contributed by atoms with Crippen LogP contribution in [0.5, 0.6) is 0 Å². The molecule has 0 rings (SSSR count). The molecule has 100 valence electrons. The Labute approximate surface area is 103 Å². The minimum atomic E-state index is -1.50. The lowest BCUT2D eigenvalue weighted by molar-refractivity contribution is -0.167. The van der Waals surface area contributed by atoms with E-state index in [4.69, 9.17) is 9.84 Å². The van der Waals surface area contributed by atoms with Crippen molar-refractivity contribution in [1.29, 1.82) is 0 Å². The molecule has 0 saturated carbocycles. The minimum Gasteiger partial charge on any atom is -0.473 e. The maximum atomic E-state index is 11.0. The maximum Gasteiger partial charge on any atom is 0.417 e. The third-order valence-electron chi connectivity index (χ3n) is 2.71. The fourth-order valence-electron chi connectivity index (χ4n) is 1.71. The molecule has 0 aromatic heterocycles. The van der Waals surface area contributed by atoms with Crippen molar-refractivity contribution >= 4 is 11.9 Å². The van der Waals surface area contributed by atoms with Gasteiger partial charge in [0.2, 0.25) is 0 Å². The fraction of sp³-hybridized carbons (Fsp3) is 0.846. The van der Waals surface area contributed by atoms with Gasteiger partial charge >= 0.3 is 11.9 Å². The summed E-state index contributed by atoms with van der Waals surface area (Å²) < 4.78 is 4.97. The van der Waals surface area contributed by atoms with Crippen LogP contribution < -0.4 is 0 Å². The number of aliphatic carboxylic acids is 1. The van der Waals surface area contributed by atoms with E-state index < -0.39 is 11.9 Å². The van der Waals surface area contributed by atoms with E-state index in [2.05, 4.69) is 13.8 Å². The van der Waals surface area contributed by atoms with Crippen LogP contribution in [0.4, 0.5) is 0 Å². The van der Waals surface area contributed by atoms with Crippen LogP contribution >= 0.6 is 0 Å². The first kappa shape index (κ1) is 15.9. The lowest BCUT2D eigenvalue weighted by Crippen LogP contribution is -2.24. The van der Waals surface area contributed by atoms with Crippen LogP contribution in [0, 0.1) is 0 Å². The topological polar surface area (TPSA) is 63.6 Å². The largest absolute Gasteiger partial charge is 0.473 e. The molecular weight excluding hydrogens is 220 g/mol. The van der Waals surface area contributed by atoms with Gasteiger partial charge in [-0.25, -0.2) is 9.59 Å². The second kappa shape index (κ2) is 10.1. The summed E-state index contributed by atoms with van der Waals surface area (Å²) >= 11 is 0. The van der Waals surface area contributed by atoms with Crippen molar-refractivity contribution in [2.75, 3.05) is 0 Å². The molecule has 0 fully saturated rings. The van der Waals surface area contributed by atoms with Gasteiger partial charge in [0.1, 0.15) is 6.10 Å². The van der Waals surface area contributed by atoms with Crippen molar-refractivity contribution < 1.29 is 19.4 Å². The third kappa shape index (κ3) is 8.72. The van der Waals surface area contributed by atoms with Crippen molar-refractivity contribution in [3.63, 3.8) is 0 Å². The Morgan fingerprint density at radius 2 is 1.47 bits per heavy atom. The van der Waals surface area contributed by atoms with Gasteiger partial charge in [-0.15, -0.1) is 0 Å². The summed E-state index contributed by atoms with van der Waals surface area (Å²) in [5.41, 5.74) is 0. The average Bonchev–Trinajstić information content (AvgIpc) is 2.29. The van der Waals surface area contributed by atoms with Gasteiger partial charge < -0.3 is 9.84 Å². The number of carbonyl (C=O) groups is 2. The molecule has 0 atom stereocenters. The van der Waals surface area contributed by atoms with Crippen LogP contribution in [0.2, 0.25) is 0 Å². The van der Waals surface area contributed by atoms with E-state index in [0.717, 1.165) is 51.4 Å². The molecule has 0 heterocycles. The van der Waals surface area contributed by atoms with Crippen LogP contribution in [-0.2, 0) is 14.3 Å². The summed E-state index contributed by atoms with van der Waals surface area (Å²) in [4.78, 5) is 21.4. The zero-order chi connectivity index (χ0) is 13.1. The van der Waals surface area contributed by atoms with Gasteiger partial charge in [-0.3, -0.25) is 0 Å². The van der Waals surface area contributed by atoms with E-state index in [1.807, 2.05) is 0 Å². The van der Waals surface area contributed by atoms with Gasteiger partial charge in [-0.2, -0.15) is 0 Å².